The predicted molar refractivity (Wildman–Crippen MR) is 101 cm³/mol. The lowest BCUT2D eigenvalue weighted by molar-refractivity contribution is -0.121. The molecule has 9 nitrogen and oxygen atoms in total. The van der Waals surface area contributed by atoms with E-state index in [9.17, 15) is 14.4 Å². The van der Waals surface area contributed by atoms with Gasteiger partial charge in [0.25, 0.3) is 5.91 Å². The molecule has 1 aromatic heterocycles. The summed E-state index contributed by atoms with van der Waals surface area (Å²) in [6, 6.07) is 9.55. The number of carboxylic acid groups (broad SMARTS) is 1. The van der Waals surface area contributed by atoms with Crippen LogP contribution in [0, 0.1) is 5.92 Å². The number of aromatic carboxylic acids is 1. The van der Waals surface area contributed by atoms with Crippen molar-refractivity contribution in [2.45, 2.75) is 12.8 Å². The summed E-state index contributed by atoms with van der Waals surface area (Å²) in [5, 5.41) is 11.9. The van der Waals surface area contributed by atoms with E-state index in [1.807, 2.05) is 0 Å². The van der Waals surface area contributed by atoms with Gasteiger partial charge in [-0.1, -0.05) is 6.07 Å². The fourth-order valence-electron chi connectivity index (χ4n) is 3.40. The van der Waals surface area contributed by atoms with E-state index in [2.05, 4.69) is 10.3 Å². The number of benzene rings is 1. The molecule has 4 rings (SSSR count). The van der Waals surface area contributed by atoms with Crippen LogP contribution >= 0.6 is 0 Å². The van der Waals surface area contributed by atoms with Gasteiger partial charge in [-0.05, 0) is 37.1 Å². The lowest BCUT2D eigenvalue weighted by atomic mass is 9.95. The first kappa shape index (κ1) is 18.7. The first-order chi connectivity index (χ1) is 14.0. The van der Waals surface area contributed by atoms with Crippen molar-refractivity contribution in [1.29, 1.82) is 0 Å². The maximum atomic E-state index is 12.6. The Hall–Kier alpha value is -3.62. The topological polar surface area (TPSA) is 118 Å². The summed E-state index contributed by atoms with van der Waals surface area (Å²) in [6.07, 6.45) is 1.03. The van der Waals surface area contributed by atoms with E-state index in [1.54, 1.807) is 23.1 Å². The highest BCUT2D eigenvalue weighted by Gasteiger charge is 2.29. The molecule has 29 heavy (non-hydrogen) atoms. The molecular formula is C20H19N3O6. The molecule has 2 N–H and O–H groups in total. The summed E-state index contributed by atoms with van der Waals surface area (Å²) in [6.45, 7) is 0.970. The van der Waals surface area contributed by atoms with Gasteiger partial charge in [0.1, 0.15) is 11.4 Å². The van der Waals surface area contributed by atoms with Crippen molar-refractivity contribution in [1.82, 2.24) is 9.88 Å². The van der Waals surface area contributed by atoms with Gasteiger partial charge < -0.3 is 24.8 Å². The third-order valence-electron chi connectivity index (χ3n) is 4.98. The number of anilines is 1. The molecule has 0 radical (unpaired) electrons. The standard InChI is InChI=1S/C20H19N3O6/c24-18(21-13-4-5-16-17(10-13)29-11-28-16)12-6-8-23(9-7-12)19(25)14-2-1-3-15(22-14)20(26)27/h1-5,10,12H,6-9,11H2,(H,21,24)(H,26,27). The highest BCUT2D eigenvalue weighted by atomic mass is 16.7. The summed E-state index contributed by atoms with van der Waals surface area (Å²) in [4.78, 5) is 41.7. The van der Waals surface area contributed by atoms with Crippen LogP contribution in [0.1, 0.15) is 33.8 Å². The fraction of sp³-hybridized carbons (Fsp3) is 0.300. The Morgan fingerprint density at radius 3 is 2.52 bits per heavy atom. The third-order valence-corrected chi connectivity index (χ3v) is 4.98. The molecule has 2 aromatic rings. The van der Waals surface area contributed by atoms with Crippen LogP contribution in [-0.2, 0) is 4.79 Å². The SMILES string of the molecule is O=C(O)c1cccc(C(=O)N2CCC(C(=O)Nc3ccc4c(c3)OCO4)CC2)n1. The molecule has 150 valence electrons. The second-order valence-electron chi connectivity index (χ2n) is 6.84. The normalized spacial score (nSPS) is 15.8. The lowest BCUT2D eigenvalue weighted by Crippen LogP contribution is -2.41. The van der Waals surface area contributed by atoms with Crippen molar-refractivity contribution >= 4 is 23.5 Å². The average molecular weight is 397 g/mol. The number of pyridine rings is 1. The number of carbonyl (C=O) groups excluding carboxylic acids is 2. The quantitative estimate of drug-likeness (QED) is 0.810. The molecule has 2 amide bonds. The molecule has 1 saturated heterocycles. The number of carboxylic acids is 1. The Kier molecular flexibility index (Phi) is 5.03. The van der Waals surface area contributed by atoms with Gasteiger partial charge in [0.05, 0.1) is 0 Å². The smallest absolute Gasteiger partial charge is 0.354 e. The number of nitrogens with zero attached hydrogens (tertiary/aromatic N) is 2. The van der Waals surface area contributed by atoms with E-state index in [0.717, 1.165) is 0 Å². The van der Waals surface area contributed by atoms with Gasteiger partial charge in [0.15, 0.2) is 11.5 Å². The van der Waals surface area contributed by atoms with E-state index in [1.165, 1.54) is 18.2 Å². The Balaban J connectivity index is 1.34. The maximum Gasteiger partial charge on any atom is 0.354 e. The maximum absolute atomic E-state index is 12.6. The predicted octanol–water partition coefficient (Wildman–Crippen LogP) is 2.00. The Labute approximate surface area is 166 Å². The molecule has 0 bridgehead atoms. The highest BCUT2D eigenvalue weighted by Crippen LogP contribution is 2.34. The molecule has 0 spiro atoms. The summed E-state index contributed by atoms with van der Waals surface area (Å²) in [7, 11) is 0. The summed E-state index contributed by atoms with van der Waals surface area (Å²) in [5.41, 5.74) is 0.550. The minimum atomic E-state index is -1.18. The van der Waals surface area contributed by atoms with Crippen LogP contribution < -0.4 is 14.8 Å². The molecule has 1 aromatic carbocycles. The first-order valence-corrected chi connectivity index (χ1v) is 9.21. The number of rotatable bonds is 4. The summed E-state index contributed by atoms with van der Waals surface area (Å²) < 4.78 is 10.6. The van der Waals surface area contributed by atoms with Crippen molar-refractivity contribution in [3.63, 3.8) is 0 Å². The highest BCUT2D eigenvalue weighted by molar-refractivity contribution is 5.95. The number of piperidine rings is 1. The van der Waals surface area contributed by atoms with Crippen molar-refractivity contribution in [3.8, 4) is 11.5 Å². The lowest BCUT2D eigenvalue weighted by Gasteiger charge is -2.31. The monoisotopic (exact) mass is 397 g/mol. The van der Waals surface area contributed by atoms with Crippen LogP contribution in [0.4, 0.5) is 5.69 Å². The second kappa shape index (κ2) is 7.78. The van der Waals surface area contributed by atoms with E-state index in [4.69, 9.17) is 14.6 Å². The van der Waals surface area contributed by atoms with E-state index < -0.39 is 5.97 Å². The van der Waals surface area contributed by atoms with E-state index in [-0.39, 0.29) is 35.9 Å². The van der Waals surface area contributed by atoms with Crippen LogP contribution in [0.5, 0.6) is 11.5 Å². The number of ether oxygens (including phenoxy) is 2. The minimum Gasteiger partial charge on any atom is -0.477 e. The molecule has 0 atom stereocenters. The zero-order chi connectivity index (χ0) is 20.4. The van der Waals surface area contributed by atoms with Gasteiger partial charge in [-0.2, -0.15) is 0 Å². The number of aromatic nitrogens is 1. The molecule has 3 heterocycles. The first-order valence-electron chi connectivity index (χ1n) is 9.21. The zero-order valence-electron chi connectivity index (χ0n) is 15.5. The van der Waals surface area contributed by atoms with Gasteiger partial charge in [0.2, 0.25) is 12.7 Å². The van der Waals surface area contributed by atoms with Crippen molar-refractivity contribution in [3.05, 3.63) is 47.8 Å². The molecule has 2 aliphatic rings. The van der Waals surface area contributed by atoms with Crippen molar-refractivity contribution < 1.29 is 29.0 Å². The van der Waals surface area contributed by atoms with Gasteiger partial charge in [-0.15, -0.1) is 0 Å². The molecule has 2 aliphatic heterocycles. The molecule has 0 saturated carbocycles. The van der Waals surface area contributed by atoms with Crippen molar-refractivity contribution in [2.75, 3.05) is 25.2 Å². The van der Waals surface area contributed by atoms with Crippen LogP contribution in [0.15, 0.2) is 36.4 Å². The van der Waals surface area contributed by atoms with Gasteiger partial charge in [0, 0.05) is 30.8 Å². The van der Waals surface area contributed by atoms with Crippen LogP contribution in [-0.4, -0.2) is 52.7 Å². The fourth-order valence-corrected chi connectivity index (χ4v) is 3.40. The number of hydrogen-bond donors (Lipinski definition) is 2. The average Bonchev–Trinajstić information content (AvgIpc) is 3.21. The van der Waals surface area contributed by atoms with Gasteiger partial charge >= 0.3 is 5.97 Å². The Bertz CT molecular complexity index is 968. The van der Waals surface area contributed by atoms with Crippen molar-refractivity contribution in [2.24, 2.45) is 5.92 Å². The third kappa shape index (κ3) is 3.98. The van der Waals surface area contributed by atoms with E-state index in [0.29, 0.717) is 43.1 Å². The number of carbonyl (C=O) groups is 3. The Morgan fingerprint density at radius 1 is 1.03 bits per heavy atom. The summed E-state index contributed by atoms with van der Waals surface area (Å²) in [5.74, 6) is -0.597. The Morgan fingerprint density at radius 2 is 1.76 bits per heavy atom. The number of nitrogens with one attached hydrogen (secondary N) is 1. The van der Waals surface area contributed by atoms with Gasteiger partial charge in [-0.3, -0.25) is 9.59 Å². The molecule has 1 fully saturated rings. The number of fused-ring (bicyclic) bond motifs is 1. The van der Waals surface area contributed by atoms with Gasteiger partial charge in [-0.25, -0.2) is 9.78 Å². The largest absolute Gasteiger partial charge is 0.477 e. The molecular weight excluding hydrogens is 378 g/mol. The number of likely N-dealkylation sites (tertiary alicyclic amines) is 1. The summed E-state index contributed by atoms with van der Waals surface area (Å²) >= 11 is 0. The zero-order valence-corrected chi connectivity index (χ0v) is 15.5. The van der Waals surface area contributed by atoms with Crippen LogP contribution in [0.25, 0.3) is 0 Å². The van der Waals surface area contributed by atoms with Crippen LogP contribution in [0.2, 0.25) is 0 Å². The number of hydrogen-bond acceptors (Lipinski definition) is 6. The molecule has 0 aliphatic carbocycles. The van der Waals surface area contributed by atoms with E-state index >= 15 is 0 Å². The molecule has 9 heteroatoms. The van der Waals surface area contributed by atoms with Crippen LogP contribution in [0.3, 0.4) is 0 Å². The minimum absolute atomic E-state index is 0.0909. The number of amides is 2. The second-order valence-corrected chi connectivity index (χ2v) is 6.84. The molecule has 0 unspecified atom stereocenters.